The van der Waals surface area contributed by atoms with Gasteiger partial charge in [0.05, 0.1) is 15.6 Å². The van der Waals surface area contributed by atoms with Gasteiger partial charge in [-0.25, -0.2) is 4.99 Å². The highest BCUT2D eigenvalue weighted by molar-refractivity contribution is 8.18. The van der Waals surface area contributed by atoms with Crippen LogP contribution in [-0.2, 0) is 11.8 Å². The Kier molecular flexibility index (Phi) is 4.36. The van der Waals surface area contributed by atoms with Crippen molar-refractivity contribution in [2.75, 3.05) is 0 Å². The van der Waals surface area contributed by atoms with E-state index in [0.717, 1.165) is 5.56 Å². The van der Waals surface area contributed by atoms with Crippen molar-refractivity contribution in [3.05, 3.63) is 68.4 Å². The van der Waals surface area contributed by atoms with E-state index in [1.54, 1.807) is 37.5 Å². The average Bonchev–Trinajstić information content (AvgIpc) is 2.85. The lowest BCUT2D eigenvalue weighted by Crippen LogP contribution is -2.19. The van der Waals surface area contributed by atoms with Crippen molar-refractivity contribution in [1.29, 1.82) is 0 Å². The van der Waals surface area contributed by atoms with Crippen molar-refractivity contribution >= 4 is 46.2 Å². The zero-order valence-corrected chi connectivity index (χ0v) is 13.7. The van der Waals surface area contributed by atoms with Crippen LogP contribution in [0, 0.1) is 0 Å². The molecule has 1 aliphatic heterocycles. The summed E-state index contributed by atoms with van der Waals surface area (Å²) >= 11 is 7.29. The van der Waals surface area contributed by atoms with Crippen molar-refractivity contribution in [3.8, 4) is 0 Å². The number of thioether (sulfide) groups is 1. The van der Waals surface area contributed by atoms with E-state index in [1.807, 2.05) is 12.1 Å². The molecule has 3 rings (SSSR count). The maximum Gasteiger partial charge on any atom is 0.264 e. The number of rotatable bonds is 2. The zero-order valence-electron chi connectivity index (χ0n) is 12.1. The number of hydrogen-bond donors (Lipinski definition) is 1. The molecule has 1 saturated heterocycles. The summed E-state index contributed by atoms with van der Waals surface area (Å²) in [7, 11) is 1.66. The molecule has 0 unspecified atom stereocenters. The molecule has 1 aromatic heterocycles. The molecule has 0 bridgehead atoms. The Hall–Kier alpha value is -2.31. The highest BCUT2D eigenvalue weighted by Gasteiger charge is 2.24. The summed E-state index contributed by atoms with van der Waals surface area (Å²) < 4.78 is 1.46. The molecule has 1 N–H and O–H groups in total. The van der Waals surface area contributed by atoms with E-state index in [2.05, 4.69) is 10.3 Å². The van der Waals surface area contributed by atoms with Gasteiger partial charge in [0.2, 0.25) is 5.56 Å². The molecule has 2 heterocycles. The third-order valence-corrected chi connectivity index (χ3v) is 4.36. The van der Waals surface area contributed by atoms with E-state index in [-0.39, 0.29) is 11.5 Å². The van der Waals surface area contributed by atoms with Crippen LogP contribution in [0.2, 0.25) is 5.02 Å². The SMILES string of the molecule is Cn1cc(/C=C2/S/C(=N/c3ccccc3Cl)NC2=O)ccc1=O. The van der Waals surface area contributed by atoms with E-state index in [0.29, 0.717) is 20.8 Å². The molecule has 0 saturated carbocycles. The molecule has 1 amide bonds. The van der Waals surface area contributed by atoms with Crippen LogP contribution in [-0.4, -0.2) is 15.6 Å². The summed E-state index contributed by atoms with van der Waals surface area (Å²) in [5.41, 5.74) is 1.26. The van der Waals surface area contributed by atoms with Gasteiger partial charge in [0, 0.05) is 19.3 Å². The fraction of sp³-hybridized carbons (Fsp3) is 0.0625. The lowest BCUT2D eigenvalue weighted by molar-refractivity contribution is -0.115. The van der Waals surface area contributed by atoms with Gasteiger partial charge in [-0.1, -0.05) is 23.7 Å². The normalized spacial score (nSPS) is 17.7. The molecule has 116 valence electrons. The van der Waals surface area contributed by atoms with Gasteiger partial charge in [-0.2, -0.15) is 0 Å². The van der Waals surface area contributed by atoms with Crippen LogP contribution in [0.4, 0.5) is 5.69 Å². The number of pyridine rings is 1. The largest absolute Gasteiger partial charge is 0.318 e. The Morgan fingerprint density at radius 1 is 1.22 bits per heavy atom. The molecular weight excluding hydrogens is 334 g/mol. The van der Waals surface area contributed by atoms with Crippen molar-refractivity contribution in [1.82, 2.24) is 9.88 Å². The third-order valence-electron chi connectivity index (χ3n) is 3.13. The molecule has 1 aliphatic rings. The van der Waals surface area contributed by atoms with Gasteiger partial charge < -0.3 is 9.88 Å². The summed E-state index contributed by atoms with van der Waals surface area (Å²) in [5, 5.41) is 3.69. The monoisotopic (exact) mass is 345 g/mol. The topological polar surface area (TPSA) is 63.5 Å². The highest BCUT2D eigenvalue weighted by Crippen LogP contribution is 2.30. The predicted molar refractivity (Wildman–Crippen MR) is 93.9 cm³/mol. The van der Waals surface area contributed by atoms with E-state index < -0.39 is 0 Å². The Labute approximate surface area is 141 Å². The van der Waals surface area contributed by atoms with Crippen LogP contribution < -0.4 is 10.9 Å². The first kappa shape index (κ1) is 15.6. The van der Waals surface area contributed by atoms with Gasteiger partial charge in [0.15, 0.2) is 5.17 Å². The number of carbonyl (C=O) groups is 1. The minimum Gasteiger partial charge on any atom is -0.318 e. The van der Waals surface area contributed by atoms with Crippen molar-refractivity contribution < 1.29 is 4.79 Å². The second kappa shape index (κ2) is 6.44. The molecule has 1 aromatic carbocycles. The lowest BCUT2D eigenvalue weighted by Gasteiger charge is -1.99. The van der Waals surface area contributed by atoms with Crippen molar-refractivity contribution in [2.45, 2.75) is 0 Å². The van der Waals surface area contributed by atoms with Crippen LogP contribution in [0.1, 0.15) is 5.56 Å². The van der Waals surface area contributed by atoms with Crippen LogP contribution in [0.25, 0.3) is 6.08 Å². The van der Waals surface area contributed by atoms with Gasteiger partial charge in [0.25, 0.3) is 5.91 Å². The van der Waals surface area contributed by atoms with E-state index >= 15 is 0 Å². The van der Waals surface area contributed by atoms with Crippen LogP contribution >= 0.6 is 23.4 Å². The number of hydrogen-bond acceptors (Lipinski definition) is 4. The number of amidine groups is 1. The lowest BCUT2D eigenvalue weighted by atomic mass is 10.2. The molecule has 23 heavy (non-hydrogen) atoms. The number of nitrogens with one attached hydrogen (secondary N) is 1. The highest BCUT2D eigenvalue weighted by atomic mass is 35.5. The predicted octanol–water partition coefficient (Wildman–Crippen LogP) is 2.93. The first-order chi connectivity index (χ1) is 11.0. The Balaban J connectivity index is 1.88. The number of halogens is 1. The second-order valence-corrected chi connectivity index (χ2v) is 6.28. The minimum atomic E-state index is -0.227. The Morgan fingerprint density at radius 3 is 2.74 bits per heavy atom. The summed E-state index contributed by atoms with van der Waals surface area (Å²) in [4.78, 5) is 28.3. The Bertz CT molecular complexity index is 902. The Morgan fingerprint density at radius 2 is 2.00 bits per heavy atom. The standard InChI is InChI=1S/C16H12ClN3O2S/c1-20-9-10(6-7-14(20)21)8-13-15(22)19-16(23-13)18-12-5-3-2-4-11(12)17/h2-9H,1H3,(H,18,19,22)/b13-8+. The molecule has 0 atom stereocenters. The summed E-state index contributed by atoms with van der Waals surface area (Å²) in [6, 6.07) is 10.3. The van der Waals surface area contributed by atoms with E-state index in [4.69, 9.17) is 11.6 Å². The van der Waals surface area contributed by atoms with Crippen LogP contribution in [0.3, 0.4) is 0 Å². The zero-order chi connectivity index (χ0) is 16.4. The number of carbonyl (C=O) groups excluding carboxylic acids is 1. The minimum absolute atomic E-state index is 0.100. The molecular formula is C16H12ClN3O2S. The summed E-state index contributed by atoms with van der Waals surface area (Å²) in [6.07, 6.45) is 3.39. The molecule has 0 radical (unpaired) electrons. The van der Waals surface area contributed by atoms with E-state index in [1.165, 1.54) is 22.4 Å². The number of benzene rings is 1. The third kappa shape index (κ3) is 3.55. The molecule has 1 fully saturated rings. The molecule has 5 nitrogen and oxygen atoms in total. The molecule has 2 aromatic rings. The average molecular weight is 346 g/mol. The smallest absolute Gasteiger partial charge is 0.264 e. The van der Waals surface area contributed by atoms with Gasteiger partial charge in [-0.3, -0.25) is 9.59 Å². The first-order valence-electron chi connectivity index (χ1n) is 6.74. The van der Waals surface area contributed by atoms with E-state index in [9.17, 15) is 9.59 Å². The van der Waals surface area contributed by atoms with Gasteiger partial charge in [0.1, 0.15) is 0 Å². The molecule has 0 aliphatic carbocycles. The van der Waals surface area contributed by atoms with Crippen molar-refractivity contribution in [3.63, 3.8) is 0 Å². The van der Waals surface area contributed by atoms with Crippen LogP contribution in [0.15, 0.2) is 57.3 Å². The van der Waals surface area contributed by atoms with Gasteiger partial charge in [-0.15, -0.1) is 0 Å². The number of aryl methyl sites for hydroxylation is 1. The summed E-state index contributed by atoms with van der Waals surface area (Å²) in [6.45, 7) is 0. The summed E-state index contributed by atoms with van der Waals surface area (Å²) in [5.74, 6) is -0.227. The number of para-hydroxylation sites is 1. The number of aliphatic imine (C=N–C) groups is 1. The second-order valence-electron chi connectivity index (χ2n) is 4.84. The molecule has 0 spiro atoms. The number of amides is 1. The van der Waals surface area contributed by atoms with Crippen molar-refractivity contribution in [2.24, 2.45) is 12.0 Å². The maximum absolute atomic E-state index is 12.0. The maximum atomic E-state index is 12.0. The number of aromatic nitrogens is 1. The molecule has 7 heteroatoms. The number of nitrogens with zero attached hydrogens (tertiary/aromatic N) is 2. The van der Waals surface area contributed by atoms with Gasteiger partial charge in [-0.05, 0) is 41.6 Å². The first-order valence-corrected chi connectivity index (χ1v) is 7.93. The quantitative estimate of drug-likeness (QED) is 0.851. The fourth-order valence-electron chi connectivity index (χ4n) is 1.98. The fourth-order valence-corrected chi connectivity index (χ4v) is 3.00. The van der Waals surface area contributed by atoms with Crippen LogP contribution in [0.5, 0.6) is 0 Å². The van der Waals surface area contributed by atoms with Gasteiger partial charge >= 0.3 is 0 Å².